The zero-order chi connectivity index (χ0) is 12.3. The molecule has 1 aliphatic rings. The molecule has 1 heterocycles. The van der Waals surface area contributed by atoms with Gasteiger partial charge in [-0.25, -0.2) is 0 Å². The molecule has 3 nitrogen and oxygen atoms in total. The van der Waals surface area contributed by atoms with Gasteiger partial charge in [0.2, 0.25) is 5.91 Å². The molecule has 1 rings (SSSR count). The SMILES string of the molecule is CCC1CCN(C(=O)C(C)(C)C)C(CN)C1. The summed E-state index contributed by atoms with van der Waals surface area (Å²) < 4.78 is 0. The van der Waals surface area contributed by atoms with E-state index >= 15 is 0 Å². The summed E-state index contributed by atoms with van der Waals surface area (Å²) in [7, 11) is 0. The maximum Gasteiger partial charge on any atom is 0.228 e. The topological polar surface area (TPSA) is 46.3 Å². The lowest BCUT2D eigenvalue weighted by atomic mass is 9.86. The highest BCUT2D eigenvalue weighted by atomic mass is 16.2. The summed E-state index contributed by atoms with van der Waals surface area (Å²) in [4.78, 5) is 14.3. The Labute approximate surface area is 99.4 Å². The molecule has 94 valence electrons. The second-order valence-electron chi connectivity index (χ2n) is 5.94. The van der Waals surface area contributed by atoms with Gasteiger partial charge in [0.25, 0.3) is 0 Å². The van der Waals surface area contributed by atoms with Crippen LogP contribution in [-0.2, 0) is 4.79 Å². The Hall–Kier alpha value is -0.570. The van der Waals surface area contributed by atoms with Gasteiger partial charge < -0.3 is 10.6 Å². The average Bonchev–Trinajstić information content (AvgIpc) is 2.26. The first-order valence-electron chi connectivity index (χ1n) is 6.41. The largest absolute Gasteiger partial charge is 0.338 e. The van der Waals surface area contributed by atoms with Crippen molar-refractivity contribution in [1.82, 2.24) is 4.90 Å². The van der Waals surface area contributed by atoms with Crippen LogP contribution >= 0.6 is 0 Å². The number of nitrogens with zero attached hydrogens (tertiary/aromatic N) is 1. The molecule has 3 heteroatoms. The van der Waals surface area contributed by atoms with E-state index in [-0.39, 0.29) is 17.4 Å². The second-order valence-corrected chi connectivity index (χ2v) is 5.94. The predicted molar refractivity (Wildman–Crippen MR) is 67.0 cm³/mol. The van der Waals surface area contributed by atoms with Crippen molar-refractivity contribution in [2.24, 2.45) is 17.1 Å². The van der Waals surface area contributed by atoms with Gasteiger partial charge in [0.1, 0.15) is 0 Å². The molecule has 0 aromatic carbocycles. The molecule has 1 amide bonds. The molecule has 0 radical (unpaired) electrons. The Kier molecular flexibility index (Phi) is 4.36. The third-order valence-electron chi connectivity index (χ3n) is 3.58. The number of carbonyl (C=O) groups excluding carboxylic acids is 1. The van der Waals surface area contributed by atoms with Crippen molar-refractivity contribution in [3.8, 4) is 0 Å². The molecule has 1 saturated heterocycles. The van der Waals surface area contributed by atoms with Crippen molar-refractivity contribution in [2.45, 2.75) is 53.0 Å². The number of piperidine rings is 1. The van der Waals surface area contributed by atoms with Gasteiger partial charge in [-0.3, -0.25) is 4.79 Å². The molecule has 0 bridgehead atoms. The Morgan fingerprint density at radius 2 is 2.06 bits per heavy atom. The summed E-state index contributed by atoms with van der Waals surface area (Å²) in [6, 6.07) is 0.255. The lowest BCUT2D eigenvalue weighted by Crippen LogP contribution is -2.52. The molecule has 0 aliphatic carbocycles. The van der Waals surface area contributed by atoms with Crippen molar-refractivity contribution in [3.05, 3.63) is 0 Å². The normalized spacial score (nSPS) is 26.9. The van der Waals surface area contributed by atoms with Crippen molar-refractivity contribution >= 4 is 5.91 Å². The molecule has 0 aromatic rings. The summed E-state index contributed by atoms with van der Waals surface area (Å²) in [5.41, 5.74) is 5.51. The number of nitrogens with two attached hydrogens (primary N) is 1. The van der Waals surface area contributed by atoms with Crippen LogP contribution in [0.1, 0.15) is 47.0 Å². The minimum Gasteiger partial charge on any atom is -0.338 e. The molecule has 1 aliphatic heterocycles. The molecule has 16 heavy (non-hydrogen) atoms. The third-order valence-corrected chi connectivity index (χ3v) is 3.58. The Morgan fingerprint density at radius 3 is 2.50 bits per heavy atom. The molecule has 2 N–H and O–H groups in total. The Balaban J connectivity index is 2.70. The van der Waals surface area contributed by atoms with Crippen LogP contribution in [0.15, 0.2) is 0 Å². The van der Waals surface area contributed by atoms with Gasteiger partial charge in [0.15, 0.2) is 0 Å². The fraction of sp³-hybridized carbons (Fsp3) is 0.923. The van der Waals surface area contributed by atoms with Crippen LogP contribution in [-0.4, -0.2) is 29.9 Å². The van der Waals surface area contributed by atoms with E-state index in [1.807, 2.05) is 25.7 Å². The van der Waals surface area contributed by atoms with Crippen LogP contribution in [0.5, 0.6) is 0 Å². The lowest BCUT2D eigenvalue weighted by Gasteiger charge is -2.41. The van der Waals surface area contributed by atoms with Crippen molar-refractivity contribution in [3.63, 3.8) is 0 Å². The van der Waals surface area contributed by atoms with Gasteiger partial charge in [-0.1, -0.05) is 34.1 Å². The van der Waals surface area contributed by atoms with E-state index < -0.39 is 0 Å². The van der Waals surface area contributed by atoms with Crippen molar-refractivity contribution in [2.75, 3.05) is 13.1 Å². The minimum atomic E-state index is -0.285. The van der Waals surface area contributed by atoms with E-state index in [1.54, 1.807) is 0 Å². The summed E-state index contributed by atoms with van der Waals surface area (Å²) in [6.07, 6.45) is 3.41. The van der Waals surface area contributed by atoms with E-state index in [9.17, 15) is 4.79 Å². The highest BCUT2D eigenvalue weighted by Gasteiger charge is 2.35. The average molecular weight is 226 g/mol. The van der Waals surface area contributed by atoms with Crippen molar-refractivity contribution < 1.29 is 4.79 Å². The number of rotatable bonds is 2. The third kappa shape index (κ3) is 2.97. The van der Waals surface area contributed by atoms with Gasteiger partial charge in [-0.15, -0.1) is 0 Å². The van der Waals surface area contributed by atoms with Crippen LogP contribution in [0.4, 0.5) is 0 Å². The number of hydrogen-bond acceptors (Lipinski definition) is 2. The molecular weight excluding hydrogens is 200 g/mol. The van der Waals surface area contributed by atoms with Gasteiger partial charge >= 0.3 is 0 Å². The number of likely N-dealkylation sites (tertiary alicyclic amines) is 1. The second kappa shape index (κ2) is 5.17. The highest BCUT2D eigenvalue weighted by Crippen LogP contribution is 2.28. The van der Waals surface area contributed by atoms with E-state index in [4.69, 9.17) is 5.73 Å². The molecule has 2 unspecified atom stereocenters. The van der Waals surface area contributed by atoms with Gasteiger partial charge in [0.05, 0.1) is 0 Å². The Morgan fingerprint density at radius 1 is 1.44 bits per heavy atom. The lowest BCUT2D eigenvalue weighted by molar-refractivity contribution is -0.143. The quantitative estimate of drug-likeness (QED) is 0.783. The molecule has 0 spiro atoms. The van der Waals surface area contributed by atoms with E-state index in [0.29, 0.717) is 6.54 Å². The Bertz CT molecular complexity index is 245. The summed E-state index contributed by atoms with van der Waals surface area (Å²) in [5, 5.41) is 0. The molecule has 0 saturated carbocycles. The monoisotopic (exact) mass is 226 g/mol. The van der Waals surface area contributed by atoms with E-state index in [0.717, 1.165) is 25.3 Å². The molecule has 0 aromatic heterocycles. The molecule has 2 atom stereocenters. The van der Waals surface area contributed by atoms with Gasteiger partial charge in [-0.05, 0) is 18.8 Å². The van der Waals surface area contributed by atoms with Crippen LogP contribution in [0, 0.1) is 11.3 Å². The zero-order valence-corrected chi connectivity index (χ0v) is 11.1. The zero-order valence-electron chi connectivity index (χ0n) is 11.1. The highest BCUT2D eigenvalue weighted by molar-refractivity contribution is 5.82. The van der Waals surface area contributed by atoms with Crippen LogP contribution in [0.3, 0.4) is 0 Å². The number of amides is 1. The van der Waals surface area contributed by atoms with Crippen molar-refractivity contribution in [1.29, 1.82) is 0 Å². The first kappa shape index (κ1) is 13.5. The molecular formula is C13H26N2O. The van der Waals surface area contributed by atoms with Gasteiger partial charge in [-0.2, -0.15) is 0 Å². The van der Waals surface area contributed by atoms with Crippen LogP contribution in [0.2, 0.25) is 0 Å². The van der Waals surface area contributed by atoms with Gasteiger partial charge in [0, 0.05) is 24.5 Å². The maximum atomic E-state index is 12.3. The number of carbonyl (C=O) groups is 1. The summed E-state index contributed by atoms with van der Waals surface area (Å²) in [6.45, 7) is 9.65. The summed E-state index contributed by atoms with van der Waals surface area (Å²) in [5.74, 6) is 0.995. The predicted octanol–water partition coefficient (Wildman–Crippen LogP) is 2.01. The number of hydrogen-bond donors (Lipinski definition) is 1. The first-order chi connectivity index (χ1) is 7.40. The molecule has 1 fully saturated rings. The van der Waals surface area contributed by atoms with E-state index in [1.165, 1.54) is 6.42 Å². The fourth-order valence-electron chi connectivity index (χ4n) is 2.43. The maximum absolute atomic E-state index is 12.3. The van der Waals surface area contributed by atoms with E-state index in [2.05, 4.69) is 6.92 Å². The smallest absolute Gasteiger partial charge is 0.228 e. The minimum absolute atomic E-state index is 0.248. The standard InChI is InChI=1S/C13H26N2O/c1-5-10-6-7-15(11(8-10)9-14)12(16)13(2,3)4/h10-11H,5-9,14H2,1-4H3. The summed E-state index contributed by atoms with van der Waals surface area (Å²) >= 11 is 0. The first-order valence-corrected chi connectivity index (χ1v) is 6.41. The van der Waals surface area contributed by atoms with Crippen LogP contribution < -0.4 is 5.73 Å². The fourth-order valence-corrected chi connectivity index (χ4v) is 2.43. The van der Waals surface area contributed by atoms with Crippen LogP contribution in [0.25, 0.3) is 0 Å².